The lowest BCUT2D eigenvalue weighted by Crippen LogP contribution is -2.49. The summed E-state index contributed by atoms with van der Waals surface area (Å²) in [6, 6.07) is 0.758. The number of hydrogen-bond acceptors (Lipinski definition) is 4. The molecule has 4 heteroatoms. The molecule has 1 saturated heterocycles. The van der Waals surface area contributed by atoms with Crippen LogP contribution in [-0.2, 0) is 4.74 Å². The van der Waals surface area contributed by atoms with Gasteiger partial charge in [-0.1, -0.05) is 33.6 Å². The Hall–Kier alpha value is -0.160. The molecule has 0 aromatic heterocycles. The Labute approximate surface area is 144 Å². The Morgan fingerprint density at radius 1 is 1.00 bits per heavy atom. The largest absolute Gasteiger partial charge is 0.377 e. The van der Waals surface area contributed by atoms with Crippen LogP contribution in [0.1, 0.15) is 46.5 Å². The highest BCUT2D eigenvalue weighted by Gasteiger charge is 2.33. The van der Waals surface area contributed by atoms with Crippen LogP contribution in [0.4, 0.5) is 0 Å². The number of ether oxygens (including phenoxy) is 1. The summed E-state index contributed by atoms with van der Waals surface area (Å²) in [6.45, 7) is 16.2. The summed E-state index contributed by atoms with van der Waals surface area (Å²) in [5, 5.41) is 0. The summed E-state index contributed by atoms with van der Waals surface area (Å²) in [6.07, 6.45) is 5.60. The Bertz CT molecular complexity index is 308. The molecule has 2 rings (SSSR count). The van der Waals surface area contributed by atoms with Crippen molar-refractivity contribution >= 4 is 0 Å². The van der Waals surface area contributed by atoms with Gasteiger partial charge in [0.2, 0.25) is 0 Å². The van der Waals surface area contributed by atoms with Gasteiger partial charge in [0.1, 0.15) is 0 Å². The smallest absolute Gasteiger partial charge is 0.0605 e. The van der Waals surface area contributed by atoms with Crippen LogP contribution in [0.5, 0.6) is 0 Å². The number of nitrogens with zero attached hydrogens (tertiary/aromatic N) is 3. The number of hydrogen-bond donors (Lipinski definition) is 0. The van der Waals surface area contributed by atoms with Crippen LogP contribution < -0.4 is 0 Å². The van der Waals surface area contributed by atoms with E-state index in [0.717, 1.165) is 25.1 Å². The molecule has 1 aliphatic heterocycles. The molecule has 23 heavy (non-hydrogen) atoms. The van der Waals surface area contributed by atoms with E-state index in [1.807, 2.05) is 0 Å². The number of rotatable bonds is 10. The van der Waals surface area contributed by atoms with Crippen molar-refractivity contribution in [3.05, 3.63) is 0 Å². The summed E-state index contributed by atoms with van der Waals surface area (Å²) in [4.78, 5) is 7.66. The maximum absolute atomic E-state index is 6.09. The summed E-state index contributed by atoms with van der Waals surface area (Å²) in [5.74, 6) is 0.863. The normalized spacial score (nSPS) is 26.9. The van der Waals surface area contributed by atoms with Crippen LogP contribution in [0, 0.1) is 5.92 Å². The van der Waals surface area contributed by atoms with Gasteiger partial charge >= 0.3 is 0 Å². The van der Waals surface area contributed by atoms with Crippen LogP contribution in [0.3, 0.4) is 0 Å². The van der Waals surface area contributed by atoms with Crippen molar-refractivity contribution in [2.24, 2.45) is 5.92 Å². The van der Waals surface area contributed by atoms with Crippen molar-refractivity contribution < 1.29 is 4.74 Å². The van der Waals surface area contributed by atoms with E-state index in [-0.39, 0.29) is 0 Å². The first-order chi connectivity index (χ1) is 11.2. The van der Waals surface area contributed by atoms with Crippen molar-refractivity contribution in [2.45, 2.75) is 58.6 Å². The van der Waals surface area contributed by atoms with Gasteiger partial charge in [-0.2, -0.15) is 0 Å². The first kappa shape index (κ1) is 19.2. The molecule has 0 aromatic rings. The van der Waals surface area contributed by atoms with Crippen LogP contribution >= 0.6 is 0 Å². The van der Waals surface area contributed by atoms with E-state index in [9.17, 15) is 0 Å². The van der Waals surface area contributed by atoms with Gasteiger partial charge in [-0.25, -0.2) is 0 Å². The predicted octanol–water partition coefficient (Wildman–Crippen LogP) is 2.54. The zero-order valence-electron chi connectivity index (χ0n) is 16.0. The minimum atomic E-state index is 0.515. The topological polar surface area (TPSA) is 19.0 Å². The van der Waals surface area contributed by atoms with E-state index in [2.05, 4.69) is 42.5 Å². The minimum Gasteiger partial charge on any atom is -0.377 e. The fraction of sp³-hybridized carbons (Fsp3) is 1.00. The highest BCUT2D eigenvalue weighted by Crippen LogP contribution is 2.28. The number of likely N-dealkylation sites (N-methyl/N-ethyl adjacent to an activating group) is 1. The third kappa shape index (κ3) is 6.00. The van der Waals surface area contributed by atoms with Crippen molar-refractivity contribution in [3.8, 4) is 0 Å². The zero-order valence-corrected chi connectivity index (χ0v) is 16.0. The van der Waals surface area contributed by atoms with Gasteiger partial charge in [0.15, 0.2) is 0 Å². The molecule has 2 fully saturated rings. The maximum Gasteiger partial charge on any atom is 0.0605 e. The Morgan fingerprint density at radius 3 is 2.17 bits per heavy atom. The van der Waals surface area contributed by atoms with E-state index in [1.165, 1.54) is 65.0 Å². The molecular formula is C19H39N3O. The van der Waals surface area contributed by atoms with Gasteiger partial charge in [-0.15, -0.1) is 0 Å². The highest BCUT2D eigenvalue weighted by atomic mass is 16.5. The summed E-state index contributed by atoms with van der Waals surface area (Å²) >= 11 is 0. The summed E-state index contributed by atoms with van der Waals surface area (Å²) in [7, 11) is 2.30. The molecule has 136 valence electrons. The van der Waals surface area contributed by atoms with Gasteiger partial charge in [0.25, 0.3) is 0 Å². The maximum atomic E-state index is 6.09. The fourth-order valence-corrected chi connectivity index (χ4v) is 3.81. The quantitative estimate of drug-likeness (QED) is 0.614. The molecule has 0 N–H and O–H groups in total. The lowest BCUT2D eigenvalue weighted by Gasteiger charge is -2.42. The summed E-state index contributed by atoms with van der Waals surface area (Å²) in [5.41, 5.74) is 0. The molecule has 0 atom stereocenters. The van der Waals surface area contributed by atoms with Crippen LogP contribution in [0.25, 0.3) is 0 Å². The van der Waals surface area contributed by atoms with E-state index in [1.54, 1.807) is 0 Å². The van der Waals surface area contributed by atoms with Crippen molar-refractivity contribution in [2.75, 3.05) is 59.5 Å². The van der Waals surface area contributed by atoms with Crippen molar-refractivity contribution in [1.82, 2.24) is 14.7 Å². The highest BCUT2D eigenvalue weighted by molar-refractivity contribution is 4.87. The second-order valence-electron chi connectivity index (χ2n) is 7.52. The molecule has 0 unspecified atom stereocenters. The molecule has 0 radical (unpaired) electrons. The molecule has 1 heterocycles. The second kappa shape index (κ2) is 9.97. The van der Waals surface area contributed by atoms with Gasteiger partial charge in [0, 0.05) is 45.3 Å². The lowest BCUT2D eigenvalue weighted by atomic mass is 9.87. The molecule has 4 nitrogen and oxygen atoms in total. The first-order valence-corrected chi connectivity index (χ1v) is 9.92. The average Bonchev–Trinajstić information content (AvgIpc) is 2.55. The van der Waals surface area contributed by atoms with Gasteiger partial charge in [0.05, 0.1) is 12.7 Å². The summed E-state index contributed by atoms with van der Waals surface area (Å²) < 4.78 is 6.09. The van der Waals surface area contributed by atoms with E-state index in [4.69, 9.17) is 4.74 Å². The zero-order chi connectivity index (χ0) is 16.7. The monoisotopic (exact) mass is 325 g/mol. The second-order valence-corrected chi connectivity index (χ2v) is 7.52. The first-order valence-electron chi connectivity index (χ1n) is 9.92. The van der Waals surface area contributed by atoms with E-state index < -0.39 is 0 Å². The molecule has 2 aliphatic rings. The Balaban J connectivity index is 1.51. The Morgan fingerprint density at radius 2 is 1.61 bits per heavy atom. The minimum absolute atomic E-state index is 0.515. The molecule has 0 amide bonds. The molecule has 1 aliphatic carbocycles. The average molecular weight is 326 g/mol. The van der Waals surface area contributed by atoms with Crippen molar-refractivity contribution in [1.29, 1.82) is 0 Å². The van der Waals surface area contributed by atoms with E-state index >= 15 is 0 Å². The molecule has 0 aromatic carbocycles. The third-order valence-corrected chi connectivity index (χ3v) is 6.07. The van der Waals surface area contributed by atoms with Gasteiger partial charge in [-0.05, 0) is 32.4 Å². The van der Waals surface area contributed by atoms with E-state index in [0.29, 0.717) is 6.10 Å². The fourth-order valence-electron chi connectivity index (χ4n) is 3.81. The standard InChI is InChI=1S/C19H39N3O/c1-5-17(6-2)16-20(4)18-14-19(15-18)23-13-12-22-10-8-21(7-3)9-11-22/h17-19H,5-16H2,1-4H3. The van der Waals surface area contributed by atoms with Crippen molar-refractivity contribution in [3.63, 3.8) is 0 Å². The van der Waals surface area contributed by atoms with Gasteiger partial charge in [-0.3, -0.25) is 4.90 Å². The molecular weight excluding hydrogens is 286 g/mol. The third-order valence-electron chi connectivity index (χ3n) is 6.07. The van der Waals surface area contributed by atoms with Crippen LogP contribution in [0.2, 0.25) is 0 Å². The Kier molecular flexibility index (Phi) is 8.31. The van der Waals surface area contributed by atoms with Crippen LogP contribution in [0.15, 0.2) is 0 Å². The van der Waals surface area contributed by atoms with Crippen LogP contribution in [-0.4, -0.2) is 86.3 Å². The van der Waals surface area contributed by atoms with Gasteiger partial charge < -0.3 is 14.5 Å². The number of piperazine rings is 1. The SMILES string of the molecule is CCC(CC)CN(C)C1CC(OCCN2CCN(CC)CC2)C1. The predicted molar refractivity (Wildman–Crippen MR) is 98.0 cm³/mol. The molecule has 0 spiro atoms. The lowest BCUT2D eigenvalue weighted by molar-refractivity contribution is -0.0549. The molecule has 1 saturated carbocycles. The molecule has 0 bridgehead atoms.